The van der Waals surface area contributed by atoms with Gasteiger partial charge in [-0.25, -0.2) is 9.78 Å². The van der Waals surface area contributed by atoms with Gasteiger partial charge < -0.3 is 19.3 Å². The summed E-state index contributed by atoms with van der Waals surface area (Å²) in [5, 5.41) is 11.6. The van der Waals surface area contributed by atoms with Crippen LogP contribution in [0.15, 0.2) is 48.5 Å². The second-order valence-corrected chi connectivity index (χ2v) is 11.8. The lowest BCUT2D eigenvalue weighted by molar-refractivity contribution is -0.160. The lowest BCUT2D eigenvalue weighted by Gasteiger charge is -2.35. The fourth-order valence-electron chi connectivity index (χ4n) is 5.56. The van der Waals surface area contributed by atoms with Crippen LogP contribution >= 0.6 is 22.6 Å². The highest BCUT2D eigenvalue weighted by atomic mass is 127. The van der Waals surface area contributed by atoms with Crippen LogP contribution in [0.25, 0.3) is 22.0 Å². The number of aliphatic carboxylic acids is 1. The van der Waals surface area contributed by atoms with Crippen LogP contribution < -0.4 is 4.90 Å². The van der Waals surface area contributed by atoms with Crippen molar-refractivity contribution in [2.45, 2.75) is 64.2 Å². The summed E-state index contributed by atoms with van der Waals surface area (Å²) in [5.41, 5.74) is 8.33. The molecule has 6 nitrogen and oxygen atoms in total. The molecule has 0 spiro atoms. The first-order chi connectivity index (χ1) is 18.0. The van der Waals surface area contributed by atoms with Crippen LogP contribution in [-0.2, 0) is 20.5 Å². The molecule has 0 amide bonds. The molecule has 0 fully saturated rings. The van der Waals surface area contributed by atoms with E-state index in [4.69, 9.17) is 9.72 Å². The number of rotatable bonds is 6. The van der Waals surface area contributed by atoms with Gasteiger partial charge in [-0.2, -0.15) is 0 Å². The maximum atomic E-state index is 12.9. The molecule has 1 aliphatic rings. The van der Waals surface area contributed by atoms with Gasteiger partial charge in [0.05, 0.1) is 22.5 Å². The Hall–Kier alpha value is -2.91. The van der Waals surface area contributed by atoms with Crippen LogP contribution in [0.3, 0.4) is 0 Å². The van der Waals surface area contributed by atoms with Crippen LogP contribution in [-0.4, -0.2) is 32.8 Å². The van der Waals surface area contributed by atoms with Gasteiger partial charge in [0.15, 0.2) is 6.10 Å². The predicted molar refractivity (Wildman–Crippen MR) is 162 cm³/mol. The van der Waals surface area contributed by atoms with E-state index < -0.39 is 17.7 Å². The quantitative estimate of drug-likeness (QED) is 0.177. The van der Waals surface area contributed by atoms with Crippen LogP contribution in [0.2, 0.25) is 0 Å². The number of aromatic nitrogens is 2. The maximum absolute atomic E-state index is 12.9. The Morgan fingerprint density at radius 3 is 2.45 bits per heavy atom. The lowest BCUT2D eigenvalue weighted by atomic mass is 9.87. The molecule has 2 aromatic carbocycles. The summed E-state index contributed by atoms with van der Waals surface area (Å²) < 4.78 is 9.47. The molecule has 1 atom stereocenters. The lowest BCUT2D eigenvalue weighted by Crippen LogP contribution is -2.31. The zero-order valence-electron chi connectivity index (χ0n) is 22.8. The first kappa shape index (κ1) is 26.7. The Bertz CT molecular complexity index is 1530. The monoisotopic (exact) mass is 623 g/mol. The van der Waals surface area contributed by atoms with Gasteiger partial charge in [0.2, 0.25) is 0 Å². The Morgan fingerprint density at radius 1 is 1.11 bits per heavy atom. The van der Waals surface area contributed by atoms with E-state index in [1.807, 2.05) is 45.9 Å². The molecule has 38 heavy (non-hydrogen) atoms. The third kappa shape index (κ3) is 4.71. The Morgan fingerprint density at radius 2 is 1.82 bits per heavy atom. The van der Waals surface area contributed by atoms with E-state index in [-0.39, 0.29) is 0 Å². The molecule has 1 aliphatic heterocycles. The molecule has 0 saturated heterocycles. The molecule has 0 unspecified atom stereocenters. The summed E-state index contributed by atoms with van der Waals surface area (Å²) in [7, 11) is 0. The van der Waals surface area contributed by atoms with Crippen LogP contribution in [0.5, 0.6) is 0 Å². The number of aryl methyl sites for hydroxylation is 2. The molecule has 0 bridgehead atoms. The van der Waals surface area contributed by atoms with E-state index >= 15 is 0 Å². The minimum absolute atomic E-state index is 0.649. The van der Waals surface area contributed by atoms with Crippen molar-refractivity contribution in [2.24, 2.45) is 0 Å². The van der Waals surface area contributed by atoms with Crippen molar-refractivity contribution in [3.63, 3.8) is 0 Å². The number of carbonyl (C=O) groups is 1. The van der Waals surface area contributed by atoms with Crippen LogP contribution in [0.1, 0.15) is 55.0 Å². The molecule has 3 heterocycles. The standard InChI is InChI=1S/C31H34IN3O3/c1-18-10-12-21(13-11-18)26-23-16-19(2)34-14-15-35(24-9-7-8-22(17-32)33-24)27(28(23)34)20(3)25(26)29(30(36)37)38-31(4,5)6/h7-13,16,29H,14-15,17H2,1-6H3,(H,36,37)/t29-/m0/s1. The molecule has 0 saturated carbocycles. The van der Waals surface area contributed by atoms with Crippen molar-refractivity contribution in [1.29, 1.82) is 0 Å². The maximum Gasteiger partial charge on any atom is 0.337 e. The molecule has 0 radical (unpaired) electrons. The number of benzene rings is 2. The molecule has 198 valence electrons. The first-order valence-electron chi connectivity index (χ1n) is 12.9. The Labute approximate surface area is 237 Å². The number of nitrogens with zero attached hydrogens (tertiary/aromatic N) is 3. The Kier molecular flexibility index (Phi) is 7.02. The number of anilines is 2. The second-order valence-electron chi connectivity index (χ2n) is 11.0. The number of hydrogen-bond donors (Lipinski definition) is 1. The van der Waals surface area contributed by atoms with Gasteiger partial charge in [0, 0.05) is 34.2 Å². The molecular formula is C31H34IN3O3. The molecule has 4 aromatic rings. The largest absolute Gasteiger partial charge is 0.479 e. The SMILES string of the molecule is Cc1ccc(-c2c([C@H](OC(C)(C)C)C(=O)O)c(C)c3c4c2cc(C)n4CCN3c2cccc(CI)n2)cc1. The van der Waals surface area contributed by atoms with E-state index in [9.17, 15) is 9.90 Å². The average molecular weight is 624 g/mol. The van der Waals surface area contributed by atoms with Gasteiger partial charge in [0.25, 0.3) is 0 Å². The number of hydrogen-bond acceptors (Lipinski definition) is 4. The molecule has 2 aromatic heterocycles. The zero-order chi connectivity index (χ0) is 27.4. The van der Waals surface area contributed by atoms with E-state index in [0.29, 0.717) is 5.56 Å². The Balaban J connectivity index is 1.90. The average Bonchev–Trinajstić information content (AvgIpc) is 3.21. The first-order valence-corrected chi connectivity index (χ1v) is 14.5. The van der Waals surface area contributed by atoms with Crippen molar-refractivity contribution in [3.05, 3.63) is 76.6 Å². The number of pyridine rings is 1. The fourth-order valence-corrected chi connectivity index (χ4v) is 5.98. The number of alkyl halides is 1. The summed E-state index contributed by atoms with van der Waals surface area (Å²) in [6, 6.07) is 16.7. The number of carboxylic acid groups (broad SMARTS) is 1. The zero-order valence-corrected chi connectivity index (χ0v) is 25.0. The summed E-state index contributed by atoms with van der Waals surface area (Å²) in [6.45, 7) is 13.5. The molecule has 0 aliphatic carbocycles. The minimum Gasteiger partial charge on any atom is -0.479 e. The van der Waals surface area contributed by atoms with Crippen molar-refractivity contribution in [1.82, 2.24) is 9.55 Å². The van der Waals surface area contributed by atoms with Gasteiger partial charge >= 0.3 is 5.97 Å². The van der Waals surface area contributed by atoms with Crippen molar-refractivity contribution < 1.29 is 14.6 Å². The van der Waals surface area contributed by atoms with Crippen LogP contribution in [0.4, 0.5) is 11.5 Å². The van der Waals surface area contributed by atoms with E-state index in [1.165, 1.54) is 0 Å². The van der Waals surface area contributed by atoms with Crippen molar-refractivity contribution in [3.8, 4) is 11.1 Å². The third-order valence-electron chi connectivity index (χ3n) is 7.15. The number of carboxylic acids is 1. The minimum atomic E-state index is -1.13. The summed E-state index contributed by atoms with van der Waals surface area (Å²) in [6.07, 6.45) is -1.13. The predicted octanol–water partition coefficient (Wildman–Crippen LogP) is 7.66. The van der Waals surface area contributed by atoms with Gasteiger partial charge in [-0.3, -0.25) is 0 Å². The normalized spacial score (nSPS) is 14.2. The second kappa shape index (κ2) is 10.0. The highest BCUT2D eigenvalue weighted by Crippen LogP contribution is 2.49. The van der Waals surface area contributed by atoms with Crippen molar-refractivity contribution in [2.75, 3.05) is 11.4 Å². The number of ether oxygens (including phenoxy) is 1. The van der Waals surface area contributed by atoms with Crippen molar-refractivity contribution >= 4 is 51.0 Å². The summed E-state index contributed by atoms with van der Waals surface area (Å²) in [4.78, 5) is 20.1. The molecule has 5 rings (SSSR count). The molecule has 7 heteroatoms. The van der Waals surface area contributed by atoms with Gasteiger partial charge in [0.1, 0.15) is 5.82 Å². The smallest absolute Gasteiger partial charge is 0.337 e. The van der Waals surface area contributed by atoms with Gasteiger partial charge in [-0.05, 0) is 76.4 Å². The third-order valence-corrected chi connectivity index (χ3v) is 7.93. The number of halogens is 1. The van der Waals surface area contributed by atoms with E-state index in [0.717, 1.165) is 73.6 Å². The fraction of sp³-hybridized carbons (Fsp3) is 0.355. The molecular weight excluding hydrogens is 589 g/mol. The van der Waals surface area contributed by atoms with E-state index in [2.05, 4.69) is 76.2 Å². The summed E-state index contributed by atoms with van der Waals surface area (Å²) in [5.74, 6) is -0.113. The summed E-state index contributed by atoms with van der Waals surface area (Å²) >= 11 is 2.34. The highest BCUT2D eigenvalue weighted by molar-refractivity contribution is 14.1. The highest BCUT2D eigenvalue weighted by Gasteiger charge is 2.36. The van der Waals surface area contributed by atoms with E-state index in [1.54, 1.807) is 0 Å². The van der Waals surface area contributed by atoms with Gasteiger partial charge in [-0.15, -0.1) is 0 Å². The molecule has 1 N–H and O–H groups in total. The van der Waals surface area contributed by atoms with Gasteiger partial charge in [-0.1, -0.05) is 58.5 Å². The van der Waals surface area contributed by atoms with Crippen LogP contribution in [0, 0.1) is 20.8 Å². The topological polar surface area (TPSA) is 67.6 Å².